The lowest BCUT2D eigenvalue weighted by Crippen LogP contribution is -2.45. The van der Waals surface area contributed by atoms with Gasteiger partial charge in [0.15, 0.2) is 0 Å². The largest absolute Gasteiger partial charge is 0.471 e. The van der Waals surface area contributed by atoms with Gasteiger partial charge in [-0.15, -0.1) is 0 Å². The summed E-state index contributed by atoms with van der Waals surface area (Å²) < 4.78 is 37.3. The van der Waals surface area contributed by atoms with E-state index in [1.165, 1.54) is 4.90 Å². The number of rotatable bonds is 10. The number of amides is 4. The molecular weight excluding hydrogens is 576 g/mol. The van der Waals surface area contributed by atoms with Crippen molar-refractivity contribution >= 4 is 50.3 Å². The Morgan fingerprint density at radius 2 is 1.70 bits per heavy atom. The van der Waals surface area contributed by atoms with E-state index >= 15 is 0 Å². The smallest absolute Gasteiger partial charge is 0.320 e. The van der Waals surface area contributed by atoms with Crippen molar-refractivity contribution in [3.05, 3.63) is 39.4 Å². The monoisotopic (exact) mass is 609 g/mol. The second-order valence-corrected chi connectivity index (χ2v) is 8.24. The van der Waals surface area contributed by atoms with Crippen molar-refractivity contribution in [3.63, 3.8) is 0 Å². The molecule has 14 heteroatoms. The van der Waals surface area contributed by atoms with Gasteiger partial charge in [0.1, 0.15) is 34.9 Å². The molecule has 0 aliphatic rings. The number of hydrogen-bond donors (Lipinski definition) is 4. The van der Waals surface area contributed by atoms with Crippen LogP contribution in [0.4, 0.5) is 18.6 Å². The number of primary amides is 1. The summed E-state index contributed by atoms with van der Waals surface area (Å²) in [5.41, 5.74) is 4.65. The Bertz CT molecular complexity index is 1010. The lowest BCUT2D eigenvalue weighted by Gasteiger charge is -2.22. The molecule has 0 saturated heterocycles. The van der Waals surface area contributed by atoms with Crippen molar-refractivity contribution in [1.29, 1.82) is 0 Å². The van der Waals surface area contributed by atoms with Gasteiger partial charge < -0.3 is 25.8 Å². The third-order valence-electron chi connectivity index (χ3n) is 4.41. The number of carbonyl (C=O) groups excluding carboxylic acids is 3. The molecule has 208 valence electrons. The highest BCUT2D eigenvalue weighted by molar-refractivity contribution is 9.10. The second-order valence-electron chi connectivity index (χ2n) is 6.55. The van der Waals surface area contributed by atoms with Crippen LogP contribution in [0.3, 0.4) is 0 Å². The van der Waals surface area contributed by atoms with Gasteiger partial charge in [-0.1, -0.05) is 43.6 Å². The van der Waals surface area contributed by atoms with E-state index in [1.54, 1.807) is 13.8 Å². The van der Waals surface area contributed by atoms with Crippen molar-refractivity contribution in [2.45, 2.75) is 54.3 Å². The molecule has 0 aliphatic heterocycles. The Balaban J connectivity index is 0.00000308. The number of aliphatic hydroxyl groups is 1. The molecule has 0 bridgehead atoms. The SMILES string of the molecule is CC.CC.CCN(CC)C(=O)C(O)CNC(=O)Nc1snc(OCc2c(F)cc(Br)cc2F)c1C(N)=O. The van der Waals surface area contributed by atoms with Gasteiger partial charge in [0.2, 0.25) is 5.88 Å². The molecular formula is C23H34BrF2N5O5S. The molecule has 1 unspecified atom stereocenters. The predicted molar refractivity (Wildman–Crippen MR) is 143 cm³/mol. The summed E-state index contributed by atoms with van der Waals surface area (Å²) >= 11 is 3.62. The minimum atomic E-state index is -1.46. The fourth-order valence-electron chi connectivity index (χ4n) is 2.70. The van der Waals surface area contributed by atoms with E-state index in [0.29, 0.717) is 24.6 Å². The summed E-state index contributed by atoms with van der Waals surface area (Å²) in [4.78, 5) is 37.5. The third-order valence-corrected chi connectivity index (χ3v) is 5.61. The first-order valence-electron chi connectivity index (χ1n) is 11.7. The number of carbonyl (C=O) groups is 3. The van der Waals surface area contributed by atoms with E-state index in [2.05, 4.69) is 30.9 Å². The molecule has 0 radical (unpaired) electrons. The van der Waals surface area contributed by atoms with Gasteiger partial charge in [0.05, 0.1) is 12.1 Å². The topological polar surface area (TPSA) is 147 Å². The molecule has 4 amide bonds. The number of ether oxygens (including phenoxy) is 1. The molecule has 5 N–H and O–H groups in total. The molecule has 1 aromatic heterocycles. The van der Waals surface area contributed by atoms with Crippen molar-refractivity contribution in [3.8, 4) is 5.88 Å². The average molecular weight is 611 g/mol. The highest BCUT2D eigenvalue weighted by Gasteiger charge is 2.24. The quantitative estimate of drug-likeness (QED) is 0.316. The van der Waals surface area contributed by atoms with Crippen LogP contribution in [-0.4, -0.2) is 58.0 Å². The third kappa shape index (κ3) is 10.2. The highest BCUT2D eigenvalue weighted by atomic mass is 79.9. The fourth-order valence-corrected chi connectivity index (χ4v) is 3.83. The molecule has 0 spiro atoms. The van der Waals surface area contributed by atoms with Crippen LogP contribution >= 0.6 is 27.5 Å². The van der Waals surface area contributed by atoms with Crippen molar-refractivity contribution in [2.75, 3.05) is 25.0 Å². The van der Waals surface area contributed by atoms with E-state index in [4.69, 9.17) is 10.5 Å². The van der Waals surface area contributed by atoms with Crippen LogP contribution in [0.25, 0.3) is 0 Å². The van der Waals surface area contributed by atoms with Gasteiger partial charge in [-0.3, -0.25) is 14.9 Å². The number of benzene rings is 1. The lowest BCUT2D eigenvalue weighted by atomic mass is 10.2. The molecule has 10 nitrogen and oxygen atoms in total. The second kappa shape index (κ2) is 17.6. The van der Waals surface area contributed by atoms with Crippen LogP contribution in [-0.2, 0) is 11.4 Å². The molecule has 0 saturated carbocycles. The molecule has 37 heavy (non-hydrogen) atoms. The van der Waals surface area contributed by atoms with E-state index in [9.17, 15) is 28.3 Å². The summed E-state index contributed by atoms with van der Waals surface area (Å²) in [7, 11) is 0. The number of aliphatic hydroxyl groups excluding tert-OH is 1. The highest BCUT2D eigenvalue weighted by Crippen LogP contribution is 2.31. The molecule has 0 aliphatic carbocycles. The summed E-state index contributed by atoms with van der Waals surface area (Å²) in [6, 6.07) is 1.26. The minimum Gasteiger partial charge on any atom is -0.471 e. The molecule has 1 aromatic carbocycles. The number of nitrogens with zero attached hydrogens (tertiary/aromatic N) is 2. The normalized spacial score (nSPS) is 10.6. The van der Waals surface area contributed by atoms with Crippen LogP contribution < -0.4 is 21.1 Å². The number of aromatic nitrogens is 1. The van der Waals surface area contributed by atoms with Crippen molar-refractivity contribution in [1.82, 2.24) is 14.6 Å². The minimum absolute atomic E-state index is 0.0868. The van der Waals surface area contributed by atoms with E-state index in [-0.39, 0.29) is 33.0 Å². The van der Waals surface area contributed by atoms with E-state index in [0.717, 1.165) is 12.1 Å². The number of nitrogens with two attached hydrogens (primary N) is 1. The van der Waals surface area contributed by atoms with Crippen molar-refractivity contribution < 1.29 is 33.0 Å². The summed E-state index contributed by atoms with van der Waals surface area (Å²) in [5.74, 6) is -3.59. The predicted octanol–water partition coefficient (Wildman–Crippen LogP) is 4.26. The Morgan fingerprint density at radius 1 is 1.16 bits per heavy atom. The first-order chi connectivity index (χ1) is 17.6. The number of urea groups is 1. The Morgan fingerprint density at radius 3 is 2.19 bits per heavy atom. The zero-order chi connectivity index (χ0) is 28.7. The summed E-state index contributed by atoms with van der Waals surface area (Å²) in [6.45, 7) is 11.3. The van der Waals surface area contributed by atoms with Gasteiger partial charge >= 0.3 is 6.03 Å². The maximum atomic E-state index is 14.0. The maximum Gasteiger partial charge on any atom is 0.320 e. The average Bonchev–Trinajstić information content (AvgIpc) is 3.27. The number of hydrogen-bond acceptors (Lipinski definition) is 7. The van der Waals surface area contributed by atoms with Crippen LogP contribution in [0.5, 0.6) is 5.88 Å². The molecule has 0 fully saturated rings. The Hall–Kier alpha value is -2.84. The van der Waals surface area contributed by atoms with Crippen LogP contribution in [0.2, 0.25) is 0 Å². The van der Waals surface area contributed by atoms with Crippen molar-refractivity contribution in [2.24, 2.45) is 5.73 Å². The maximum absolute atomic E-state index is 14.0. The molecule has 1 heterocycles. The van der Waals surface area contributed by atoms with Crippen LogP contribution in [0.15, 0.2) is 16.6 Å². The number of nitrogens with one attached hydrogen (secondary N) is 2. The number of anilines is 1. The molecule has 2 rings (SSSR count). The first-order valence-corrected chi connectivity index (χ1v) is 13.2. The number of likely N-dealkylation sites (N-methyl/N-ethyl adjacent to an activating group) is 1. The van der Waals surface area contributed by atoms with E-state index in [1.807, 2.05) is 27.7 Å². The number of halogens is 3. The summed E-state index contributed by atoms with van der Waals surface area (Å²) in [5, 5.41) is 14.5. The Labute approximate surface area is 227 Å². The van der Waals surface area contributed by atoms with Gasteiger partial charge in [0, 0.05) is 17.6 Å². The zero-order valence-electron chi connectivity index (χ0n) is 21.7. The van der Waals surface area contributed by atoms with Gasteiger partial charge in [-0.05, 0) is 37.5 Å². The van der Waals surface area contributed by atoms with Gasteiger partial charge in [-0.2, -0.15) is 4.37 Å². The van der Waals surface area contributed by atoms with E-state index < -0.39 is 42.2 Å². The zero-order valence-corrected chi connectivity index (χ0v) is 24.1. The first kappa shape index (κ1) is 34.2. The van der Waals surface area contributed by atoms with Gasteiger partial charge in [-0.25, -0.2) is 13.6 Å². The van der Waals surface area contributed by atoms with Gasteiger partial charge in [0.25, 0.3) is 11.8 Å². The Kier molecular flexibility index (Phi) is 16.2. The molecule has 1 atom stereocenters. The summed E-state index contributed by atoms with van der Waals surface area (Å²) in [6.07, 6.45) is -1.46. The lowest BCUT2D eigenvalue weighted by molar-refractivity contribution is -0.139. The van der Waals surface area contributed by atoms with Crippen LogP contribution in [0.1, 0.15) is 57.5 Å². The molecule has 2 aromatic rings. The fraction of sp³-hybridized carbons (Fsp3) is 0.478. The van der Waals surface area contributed by atoms with Crippen LogP contribution in [0, 0.1) is 11.6 Å². The standard InChI is InChI=1S/C19H22BrF2N5O5S.2C2H6/c1-3-27(4-2)18(30)13(28)7-24-19(31)25-17-14(15(23)29)16(26-33-17)32-8-10-11(21)5-9(20)6-12(10)22;2*1-2/h5-6,13,28H,3-4,7-8H2,1-2H3,(H2,23,29)(H2,24,25,31);2*1-2H3.